The lowest BCUT2D eigenvalue weighted by Crippen LogP contribution is -2.04. The number of halogens is 1. The van der Waals surface area contributed by atoms with E-state index in [9.17, 15) is 4.79 Å². The van der Waals surface area contributed by atoms with E-state index in [0.717, 1.165) is 20.9 Å². The molecule has 19 heavy (non-hydrogen) atoms. The Balaban J connectivity index is 2.24. The quantitative estimate of drug-likeness (QED) is 0.680. The smallest absolute Gasteiger partial charge is 0.338 e. The molecule has 0 spiro atoms. The zero-order chi connectivity index (χ0) is 13.4. The van der Waals surface area contributed by atoms with Crippen molar-refractivity contribution in [3.05, 3.63) is 46.8 Å². The Morgan fingerprint density at radius 1 is 1.42 bits per heavy atom. The van der Waals surface area contributed by atoms with Gasteiger partial charge in [0.2, 0.25) is 0 Å². The van der Waals surface area contributed by atoms with Crippen LogP contribution in [0.2, 0.25) is 0 Å². The van der Waals surface area contributed by atoms with E-state index in [1.54, 1.807) is 19.3 Å². The van der Waals surface area contributed by atoms with Crippen molar-refractivity contribution in [2.75, 3.05) is 6.61 Å². The number of carbonyl (C=O) groups excluding carboxylic acids is 1. The molecule has 2 heterocycles. The van der Waals surface area contributed by atoms with Crippen LogP contribution in [0.4, 0.5) is 0 Å². The van der Waals surface area contributed by atoms with Gasteiger partial charge in [-0.15, -0.1) is 0 Å². The number of fused-ring (bicyclic) bond motifs is 3. The highest BCUT2D eigenvalue weighted by atomic mass is 79.9. The number of hydrogen-bond acceptors (Lipinski definition) is 3. The summed E-state index contributed by atoms with van der Waals surface area (Å²) in [6.07, 6.45) is 3.69. The van der Waals surface area contributed by atoms with Crippen LogP contribution < -0.4 is 0 Å². The molecule has 3 rings (SSSR count). The molecule has 0 saturated heterocycles. The maximum absolute atomic E-state index is 11.8. The van der Waals surface area contributed by atoms with Crippen molar-refractivity contribution in [3.8, 4) is 0 Å². The Kier molecular flexibility index (Phi) is 2.98. The SMILES string of the molecule is CCOC(=O)c1ccc2ncn3cc(Br)cc3c2c1. The summed E-state index contributed by atoms with van der Waals surface area (Å²) in [7, 11) is 0. The Morgan fingerprint density at radius 2 is 2.26 bits per heavy atom. The second-order valence-electron chi connectivity index (χ2n) is 4.15. The summed E-state index contributed by atoms with van der Waals surface area (Å²) in [4.78, 5) is 16.1. The molecular weight excluding hydrogens is 308 g/mol. The summed E-state index contributed by atoms with van der Waals surface area (Å²) in [5, 5.41) is 0.929. The molecular formula is C14H11BrN2O2. The topological polar surface area (TPSA) is 43.6 Å². The first-order valence-corrected chi connectivity index (χ1v) is 6.71. The van der Waals surface area contributed by atoms with Crippen molar-refractivity contribution in [2.45, 2.75) is 6.92 Å². The van der Waals surface area contributed by atoms with Crippen LogP contribution in [0.25, 0.3) is 16.4 Å². The van der Waals surface area contributed by atoms with Gasteiger partial charge in [-0.2, -0.15) is 0 Å². The molecule has 0 saturated carbocycles. The number of esters is 1. The van der Waals surface area contributed by atoms with Crippen LogP contribution in [0, 0.1) is 0 Å². The van der Waals surface area contributed by atoms with Gasteiger partial charge in [-0.05, 0) is 47.1 Å². The molecule has 96 valence electrons. The van der Waals surface area contributed by atoms with E-state index in [-0.39, 0.29) is 5.97 Å². The number of benzene rings is 1. The van der Waals surface area contributed by atoms with Crippen LogP contribution in [0.1, 0.15) is 17.3 Å². The number of ether oxygens (including phenoxy) is 1. The molecule has 5 heteroatoms. The zero-order valence-corrected chi connectivity index (χ0v) is 11.8. The van der Waals surface area contributed by atoms with Gasteiger partial charge in [0.25, 0.3) is 0 Å². The Hall–Kier alpha value is -1.88. The molecule has 4 nitrogen and oxygen atoms in total. The van der Waals surface area contributed by atoms with E-state index in [1.165, 1.54) is 0 Å². The standard InChI is InChI=1S/C14H11BrN2O2/c1-2-19-14(18)9-3-4-12-11(5-9)13-6-10(15)7-17(13)8-16-12/h3-8H,2H2,1H3. The van der Waals surface area contributed by atoms with Gasteiger partial charge in [-0.1, -0.05) is 0 Å². The van der Waals surface area contributed by atoms with Gasteiger partial charge in [-0.3, -0.25) is 0 Å². The lowest BCUT2D eigenvalue weighted by molar-refractivity contribution is 0.0526. The fourth-order valence-corrected chi connectivity index (χ4v) is 2.51. The summed E-state index contributed by atoms with van der Waals surface area (Å²) >= 11 is 3.44. The molecule has 1 aromatic carbocycles. The Morgan fingerprint density at radius 3 is 3.05 bits per heavy atom. The molecule has 0 aliphatic rings. The highest BCUT2D eigenvalue weighted by Crippen LogP contribution is 2.24. The van der Waals surface area contributed by atoms with E-state index in [1.807, 2.05) is 28.8 Å². The van der Waals surface area contributed by atoms with Crippen molar-refractivity contribution in [1.29, 1.82) is 0 Å². The van der Waals surface area contributed by atoms with Gasteiger partial charge in [0.15, 0.2) is 0 Å². The van der Waals surface area contributed by atoms with E-state index >= 15 is 0 Å². The highest BCUT2D eigenvalue weighted by Gasteiger charge is 2.10. The van der Waals surface area contributed by atoms with Crippen molar-refractivity contribution in [1.82, 2.24) is 9.38 Å². The first-order chi connectivity index (χ1) is 9.19. The number of carbonyl (C=O) groups is 1. The monoisotopic (exact) mass is 318 g/mol. The maximum Gasteiger partial charge on any atom is 0.338 e. The first-order valence-electron chi connectivity index (χ1n) is 5.92. The molecule has 0 fully saturated rings. The summed E-state index contributed by atoms with van der Waals surface area (Å²) < 4.78 is 7.91. The number of rotatable bonds is 2. The molecule has 0 atom stereocenters. The molecule has 0 radical (unpaired) electrons. The van der Waals surface area contributed by atoms with Gasteiger partial charge in [0.05, 0.1) is 29.5 Å². The third kappa shape index (κ3) is 2.10. The van der Waals surface area contributed by atoms with E-state index in [4.69, 9.17) is 4.74 Å². The molecule has 3 aromatic rings. The third-order valence-corrected chi connectivity index (χ3v) is 3.35. The Labute approximate surface area is 118 Å². The van der Waals surface area contributed by atoms with Crippen LogP contribution in [-0.2, 0) is 4.74 Å². The molecule has 2 aromatic heterocycles. The molecule has 0 N–H and O–H groups in total. The van der Waals surface area contributed by atoms with Gasteiger partial charge < -0.3 is 9.14 Å². The predicted molar refractivity (Wildman–Crippen MR) is 76.4 cm³/mol. The minimum absolute atomic E-state index is 0.308. The molecule has 0 bridgehead atoms. The number of aromatic nitrogens is 2. The average molecular weight is 319 g/mol. The lowest BCUT2D eigenvalue weighted by Gasteiger charge is -2.04. The molecule has 0 unspecified atom stereocenters. The van der Waals surface area contributed by atoms with Crippen LogP contribution in [-0.4, -0.2) is 22.0 Å². The summed E-state index contributed by atoms with van der Waals surface area (Å²) in [5.74, 6) is -0.308. The fourth-order valence-electron chi connectivity index (χ4n) is 2.08. The van der Waals surface area contributed by atoms with Crippen molar-refractivity contribution >= 4 is 38.3 Å². The largest absolute Gasteiger partial charge is 0.462 e. The van der Waals surface area contributed by atoms with Crippen LogP contribution in [0.3, 0.4) is 0 Å². The number of hydrogen-bond donors (Lipinski definition) is 0. The fraction of sp³-hybridized carbons (Fsp3) is 0.143. The second kappa shape index (κ2) is 4.66. The van der Waals surface area contributed by atoms with Gasteiger partial charge in [-0.25, -0.2) is 9.78 Å². The van der Waals surface area contributed by atoms with E-state index < -0.39 is 0 Å². The van der Waals surface area contributed by atoms with E-state index in [0.29, 0.717) is 12.2 Å². The third-order valence-electron chi connectivity index (χ3n) is 2.92. The second-order valence-corrected chi connectivity index (χ2v) is 5.06. The van der Waals surface area contributed by atoms with Crippen LogP contribution >= 0.6 is 15.9 Å². The summed E-state index contributed by atoms with van der Waals surface area (Å²) in [6, 6.07) is 7.39. The van der Waals surface area contributed by atoms with Crippen LogP contribution in [0.5, 0.6) is 0 Å². The normalized spacial score (nSPS) is 11.1. The minimum atomic E-state index is -0.308. The first kappa shape index (κ1) is 12.2. The summed E-state index contributed by atoms with van der Waals surface area (Å²) in [6.45, 7) is 2.17. The van der Waals surface area contributed by atoms with Crippen molar-refractivity contribution < 1.29 is 9.53 Å². The van der Waals surface area contributed by atoms with Crippen molar-refractivity contribution in [3.63, 3.8) is 0 Å². The zero-order valence-electron chi connectivity index (χ0n) is 10.3. The molecule has 0 aliphatic heterocycles. The average Bonchev–Trinajstić information content (AvgIpc) is 2.79. The van der Waals surface area contributed by atoms with Gasteiger partial charge >= 0.3 is 5.97 Å². The molecule has 0 amide bonds. The Bertz CT molecular complexity index is 780. The van der Waals surface area contributed by atoms with E-state index in [2.05, 4.69) is 20.9 Å². The van der Waals surface area contributed by atoms with Gasteiger partial charge in [0.1, 0.15) is 0 Å². The van der Waals surface area contributed by atoms with Crippen molar-refractivity contribution in [2.24, 2.45) is 0 Å². The minimum Gasteiger partial charge on any atom is -0.462 e. The van der Waals surface area contributed by atoms with Crippen LogP contribution in [0.15, 0.2) is 41.3 Å². The number of nitrogens with zero attached hydrogens (tertiary/aromatic N) is 2. The molecule has 0 aliphatic carbocycles. The summed E-state index contributed by atoms with van der Waals surface area (Å²) in [5.41, 5.74) is 2.40. The van der Waals surface area contributed by atoms with Gasteiger partial charge in [0, 0.05) is 16.1 Å². The lowest BCUT2D eigenvalue weighted by atomic mass is 10.1. The highest BCUT2D eigenvalue weighted by molar-refractivity contribution is 9.10. The maximum atomic E-state index is 11.8. The predicted octanol–water partition coefficient (Wildman–Crippen LogP) is 3.43.